The smallest absolute Gasteiger partial charge is 0.254 e. The molecule has 0 atom stereocenters. The Morgan fingerprint density at radius 1 is 1.20 bits per heavy atom. The third kappa shape index (κ3) is 3.31. The van der Waals surface area contributed by atoms with Crippen LogP contribution < -0.4 is 5.56 Å². The van der Waals surface area contributed by atoms with Gasteiger partial charge in [-0.2, -0.15) is 0 Å². The fraction of sp³-hybridized carbons (Fsp3) is 0.222. The highest BCUT2D eigenvalue weighted by molar-refractivity contribution is 6.31. The number of H-pyrrole nitrogens is 1. The molecule has 0 amide bonds. The molecular weight excluding hydrogens is 338 g/mol. The summed E-state index contributed by atoms with van der Waals surface area (Å²) in [6, 6.07) is 7.82. The van der Waals surface area contributed by atoms with Crippen molar-refractivity contribution in [2.75, 3.05) is 6.54 Å². The van der Waals surface area contributed by atoms with Gasteiger partial charge in [0.1, 0.15) is 12.2 Å². The molecule has 0 radical (unpaired) electrons. The van der Waals surface area contributed by atoms with Crippen LogP contribution in [0.4, 0.5) is 0 Å². The van der Waals surface area contributed by atoms with E-state index in [2.05, 4.69) is 24.8 Å². The fourth-order valence-electron chi connectivity index (χ4n) is 3.05. The summed E-state index contributed by atoms with van der Waals surface area (Å²) < 4.78 is 0. The van der Waals surface area contributed by atoms with Gasteiger partial charge in [0.2, 0.25) is 0 Å². The summed E-state index contributed by atoms with van der Waals surface area (Å²) >= 11 is 6.26. The van der Waals surface area contributed by atoms with E-state index >= 15 is 0 Å². The molecule has 0 saturated carbocycles. The lowest BCUT2D eigenvalue weighted by Gasteiger charge is -2.28. The standard InChI is InChI=1S/C18H16ClN5O/c19-15-4-2-1-3-12(15)9-24-6-5-14-16(10-24)22-17(23-18(14)25)13-7-20-11-21-8-13/h1-4,7-8,11H,5-6,9-10H2,(H,22,23,25). The molecule has 0 fully saturated rings. The molecule has 3 aromatic rings. The highest BCUT2D eigenvalue weighted by atomic mass is 35.5. The average molecular weight is 354 g/mol. The van der Waals surface area contributed by atoms with Crippen molar-refractivity contribution in [1.29, 1.82) is 0 Å². The van der Waals surface area contributed by atoms with E-state index in [1.165, 1.54) is 6.33 Å². The van der Waals surface area contributed by atoms with Gasteiger partial charge >= 0.3 is 0 Å². The van der Waals surface area contributed by atoms with Gasteiger partial charge in [0.15, 0.2) is 0 Å². The summed E-state index contributed by atoms with van der Waals surface area (Å²) in [7, 11) is 0. The molecule has 1 N–H and O–H groups in total. The van der Waals surface area contributed by atoms with Crippen LogP contribution in [0.1, 0.15) is 16.8 Å². The Labute approximate surface area is 149 Å². The van der Waals surface area contributed by atoms with E-state index in [1.54, 1.807) is 12.4 Å². The predicted octanol–water partition coefficient (Wildman–Crippen LogP) is 2.44. The minimum atomic E-state index is -0.0822. The predicted molar refractivity (Wildman–Crippen MR) is 95.2 cm³/mol. The highest BCUT2D eigenvalue weighted by Crippen LogP contribution is 2.22. The van der Waals surface area contributed by atoms with Gasteiger partial charge in [-0.1, -0.05) is 29.8 Å². The van der Waals surface area contributed by atoms with Crippen LogP contribution in [-0.4, -0.2) is 31.4 Å². The Morgan fingerprint density at radius 2 is 2.00 bits per heavy atom. The summed E-state index contributed by atoms with van der Waals surface area (Å²) in [5.41, 5.74) is 3.26. The first-order chi connectivity index (χ1) is 12.2. The van der Waals surface area contributed by atoms with Crippen LogP contribution in [0, 0.1) is 0 Å². The molecule has 0 spiro atoms. The molecule has 3 heterocycles. The normalized spacial score (nSPS) is 14.3. The number of benzene rings is 1. The highest BCUT2D eigenvalue weighted by Gasteiger charge is 2.22. The monoisotopic (exact) mass is 353 g/mol. The van der Waals surface area contributed by atoms with E-state index in [0.29, 0.717) is 24.4 Å². The van der Waals surface area contributed by atoms with Crippen LogP contribution in [-0.2, 0) is 19.5 Å². The van der Waals surface area contributed by atoms with Gasteiger partial charge in [-0.3, -0.25) is 9.69 Å². The van der Waals surface area contributed by atoms with Gasteiger partial charge < -0.3 is 4.98 Å². The summed E-state index contributed by atoms with van der Waals surface area (Å²) in [6.07, 6.45) is 5.41. The van der Waals surface area contributed by atoms with Gasteiger partial charge in [-0.15, -0.1) is 0 Å². The number of nitrogens with zero attached hydrogens (tertiary/aromatic N) is 4. The van der Waals surface area contributed by atoms with E-state index in [0.717, 1.165) is 34.9 Å². The zero-order valence-electron chi connectivity index (χ0n) is 13.4. The molecular formula is C18H16ClN5O. The lowest BCUT2D eigenvalue weighted by Crippen LogP contribution is -2.35. The minimum Gasteiger partial charge on any atom is -0.306 e. The first-order valence-electron chi connectivity index (χ1n) is 8.04. The van der Waals surface area contributed by atoms with Crippen LogP contribution in [0.3, 0.4) is 0 Å². The molecule has 2 aromatic heterocycles. The first kappa shape index (κ1) is 15.9. The van der Waals surface area contributed by atoms with E-state index in [1.807, 2.05) is 24.3 Å². The number of rotatable bonds is 3. The van der Waals surface area contributed by atoms with Crippen LogP contribution in [0.15, 0.2) is 47.8 Å². The lowest BCUT2D eigenvalue weighted by atomic mass is 10.1. The third-order valence-electron chi connectivity index (χ3n) is 4.34. The molecule has 126 valence electrons. The molecule has 1 aliphatic heterocycles. The summed E-state index contributed by atoms with van der Waals surface area (Å²) in [5.74, 6) is 0.504. The Hall–Kier alpha value is -2.57. The third-order valence-corrected chi connectivity index (χ3v) is 4.71. The summed E-state index contributed by atoms with van der Waals surface area (Å²) in [5, 5.41) is 0.759. The quantitative estimate of drug-likeness (QED) is 0.782. The maximum absolute atomic E-state index is 12.4. The fourth-order valence-corrected chi connectivity index (χ4v) is 3.25. The minimum absolute atomic E-state index is 0.0822. The second kappa shape index (κ2) is 6.74. The Balaban J connectivity index is 1.63. The zero-order valence-corrected chi connectivity index (χ0v) is 14.2. The first-order valence-corrected chi connectivity index (χ1v) is 8.42. The molecule has 0 saturated heterocycles. The SMILES string of the molecule is O=c1[nH]c(-c2cncnc2)nc2c1CCN(Cc1ccccc1Cl)C2. The largest absolute Gasteiger partial charge is 0.306 e. The van der Waals surface area contributed by atoms with Gasteiger partial charge in [-0.05, 0) is 18.1 Å². The molecule has 25 heavy (non-hydrogen) atoms. The van der Waals surface area contributed by atoms with Crippen molar-refractivity contribution in [3.05, 3.63) is 75.2 Å². The molecule has 6 nitrogen and oxygen atoms in total. The Bertz CT molecular complexity index is 957. The summed E-state index contributed by atoms with van der Waals surface area (Å²) in [4.78, 5) is 30.1. The summed E-state index contributed by atoms with van der Waals surface area (Å²) in [6.45, 7) is 2.15. The van der Waals surface area contributed by atoms with Crippen LogP contribution >= 0.6 is 11.6 Å². The maximum Gasteiger partial charge on any atom is 0.254 e. The van der Waals surface area contributed by atoms with Crippen LogP contribution in [0.5, 0.6) is 0 Å². The number of aromatic amines is 1. The zero-order chi connectivity index (χ0) is 17.2. The van der Waals surface area contributed by atoms with Crippen molar-refractivity contribution in [3.8, 4) is 11.4 Å². The number of fused-ring (bicyclic) bond motifs is 1. The topological polar surface area (TPSA) is 74.8 Å². The van der Waals surface area contributed by atoms with E-state index in [4.69, 9.17) is 11.6 Å². The number of halogens is 1. The molecule has 0 unspecified atom stereocenters. The van der Waals surface area contributed by atoms with Crippen molar-refractivity contribution < 1.29 is 0 Å². The van der Waals surface area contributed by atoms with Gasteiger partial charge in [0.05, 0.1) is 11.3 Å². The van der Waals surface area contributed by atoms with Crippen molar-refractivity contribution in [3.63, 3.8) is 0 Å². The van der Waals surface area contributed by atoms with Crippen LogP contribution in [0.2, 0.25) is 5.02 Å². The van der Waals surface area contributed by atoms with E-state index in [-0.39, 0.29) is 5.56 Å². The number of hydrogen-bond acceptors (Lipinski definition) is 5. The molecule has 4 rings (SSSR count). The number of hydrogen-bond donors (Lipinski definition) is 1. The second-order valence-electron chi connectivity index (χ2n) is 6.02. The molecule has 1 aliphatic rings. The second-order valence-corrected chi connectivity index (χ2v) is 6.43. The van der Waals surface area contributed by atoms with Gasteiger partial charge in [0.25, 0.3) is 5.56 Å². The number of nitrogens with one attached hydrogen (secondary N) is 1. The Kier molecular flexibility index (Phi) is 4.29. The van der Waals surface area contributed by atoms with Gasteiger partial charge in [0, 0.05) is 42.6 Å². The molecule has 0 bridgehead atoms. The lowest BCUT2D eigenvalue weighted by molar-refractivity contribution is 0.240. The Morgan fingerprint density at radius 3 is 2.80 bits per heavy atom. The molecule has 7 heteroatoms. The van der Waals surface area contributed by atoms with Crippen molar-refractivity contribution >= 4 is 11.6 Å². The molecule has 0 aliphatic carbocycles. The van der Waals surface area contributed by atoms with E-state index in [9.17, 15) is 4.79 Å². The van der Waals surface area contributed by atoms with Crippen molar-refractivity contribution in [2.24, 2.45) is 0 Å². The van der Waals surface area contributed by atoms with Crippen molar-refractivity contribution in [2.45, 2.75) is 19.5 Å². The van der Waals surface area contributed by atoms with Crippen LogP contribution in [0.25, 0.3) is 11.4 Å². The molecule has 1 aromatic carbocycles. The van der Waals surface area contributed by atoms with Gasteiger partial charge in [-0.25, -0.2) is 15.0 Å². The van der Waals surface area contributed by atoms with E-state index < -0.39 is 0 Å². The average Bonchev–Trinajstić information content (AvgIpc) is 2.64. The number of aromatic nitrogens is 4. The van der Waals surface area contributed by atoms with Crippen molar-refractivity contribution in [1.82, 2.24) is 24.8 Å². The maximum atomic E-state index is 12.4.